The topological polar surface area (TPSA) is 46.2 Å². The van der Waals surface area contributed by atoms with Crippen LogP contribution in [0.5, 0.6) is 0 Å². The van der Waals surface area contributed by atoms with E-state index in [9.17, 15) is 5.11 Å². The van der Waals surface area contributed by atoms with Crippen molar-refractivity contribution in [2.24, 2.45) is 5.73 Å². The number of rotatable bonds is 6. The number of aliphatic hydroxyl groups excluding tert-OH is 1. The van der Waals surface area contributed by atoms with Gasteiger partial charge >= 0.3 is 0 Å². The quantitative estimate of drug-likeness (QED) is 0.378. The molecule has 0 amide bonds. The fraction of sp³-hybridized carbons (Fsp3) is 1.00. The highest BCUT2D eigenvalue weighted by atomic mass is 35.5. The number of halogens is 2. The summed E-state index contributed by atoms with van der Waals surface area (Å²) >= 11 is 5.51. The Bertz CT molecular complexity index is 123. The summed E-state index contributed by atoms with van der Waals surface area (Å²) in [5, 5.41) is 9.31. The third kappa shape index (κ3) is 8.78. The first-order chi connectivity index (χ1) is 5.52. The molecule has 0 aliphatic heterocycles. The Morgan fingerprint density at radius 2 is 2.00 bits per heavy atom. The molecular formula is C8H20Cl2N2O. The molecule has 1 atom stereocenters. The Kier molecular flexibility index (Phi) is 9.58. The molecule has 0 spiro atoms. The number of aliphatic hydroxyl groups is 1. The standard InChI is InChI=1S/C8H20ClN2O.ClH/c1-11(2,5-3-4-10)7-8(12)6-9;/h8,12H,3-7,10H2,1-2H3;1H/q+1;/p-1. The van der Waals surface area contributed by atoms with Crippen LogP contribution < -0.4 is 18.1 Å². The minimum absolute atomic E-state index is 0. The lowest BCUT2D eigenvalue weighted by Gasteiger charge is -2.31. The molecule has 0 heterocycles. The maximum atomic E-state index is 9.31. The summed E-state index contributed by atoms with van der Waals surface area (Å²) in [7, 11) is 4.15. The summed E-state index contributed by atoms with van der Waals surface area (Å²) in [5.74, 6) is 0.310. The average Bonchev–Trinajstić information content (AvgIpc) is 2.00. The summed E-state index contributed by atoms with van der Waals surface area (Å²) in [5.41, 5.74) is 5.40. The zero-order valence-electron chi connectivity index (χ0n) is 8.34. The second-order valence-corrected chi connectivity index (χ2v) is 4.10. The van der Waals surface area contributed by atoms with Crippen LogP contribution in [-0.4, -0.2) is 55.3 Å². The lowest BCUT2D eigenvalue weighted by Crippen LogP contribution is -3.00. The Morgan fingerprint density at radius 1 is 1.46 bits per heavy atom. The fourth-order valence-corrected chi connectivity index (χ4v) is 1.33. The maximum absolute atomic E-state index is 9.31. The van der Waals surface area contributed by atoms with Gasteiger partial charge in [0.25, 0.3) is 0 Å². The van der Waals surface area contributed by atoms with Crippen LogP contribution >= 0.6 is 11.6 Å². The highest BCUT2D eigenvalue weighted by molar-refractivity contribution is 6.18. The number of nitrogens with zero attached hydrogens (tertiary/aromatic N) is 1. The third-order valence-corrected chi connectivity index (χ3v) is 2.21. The van der Waals surface area contributed by atoms with Gasteiger partial charge in [0, 0.05) is 6.42 Å². The number of hydrogen-bond donors (Lipinski definition) is 2. The molecule has 82 valence electrons. The highest BCUT2D eigenvalue weighted by Gasteiger charge is 2.18. The van der Waals surface area contributed by atoms with Crippen molar-refractivity contribution < 1.29 is 22.0 Å². The molecule has 0 aliphatic rings. The second-order valence-electron chi connectivity index (χ2n) is 3.79. The van der Waals surface area contributed by atoms with E-state index in [-0.39, 0.29) is 12.4 Å². The molecule has 0 bridgehead atoms. The number of alkyl halides is 1. The van der Waals surface area contributed by atoms with Crippen molar-refractivity contribution in [2.75, 3.05) is 39.6 Å². The van der Waals surface area contributed by atoms with Gasteiger partial charge in [-0.3, -0.25) is 0 Å². The predicted octanol–water partition coefficient (Wildman–Crippen LogP) is -2.98. The Morgan fingerprint density at radius 3 is 2.38 bits per heavy atom. The van der Waals surface area contributed by atoms with E-state index in [2.05, 4.69) is 14.1 Å². The summed E-state index contributed by atoms with van der Waals surface area (Å²) in [4.78, 5) is 0. The molecule has 0 radical (unpaired) electrons. The van der Waals surface area contributed by atoms with Crippen LogP contribution in [0.15, 0.2) is 0 Å². The SMILES string of the molecule is C[N+](C)(CCCN)CC(O)CCl.[Cl-]. The molecule has 0 saturated carbocycles. The van der Waals surface area contributed by atoms with E-state index in [4.69, 9.17) is 17.3 Å². The molecule has 1 unspecified atom stereocenters. The van der Waals surface area contributed by atoms with E-state index in [1.807, 2.05) is 0 Å². The molecule has 0 aromatic carbocycles. The first-order valence-electron chi connectivity index (χ1n) is 4.28. The Balaban J connectivity index is 0. The van der Waals surface area contributed by atoms with Crippen LogP contribution in [0.1, 0.15) is 6.42 Å². The van der Waals surface area contributed by atoms with Gasteiger partial charge in [-0.05, 0) is 6.54 Å². The van der Waals surface area contributed by atoms with Crippen molar-refractivity contribution in [2.45, 2.75) is 12.5 Å². The molecule has 0 saturated heterocycles. The molecule has 5 heteroatoms. The predicted molar refractivity (Wildman–Crippen MR) is 52.2 cm³/mol. The van der Waals surface area contributed by atoms with E-state index in [0.717, 1.165) is 17.4 Å². The van der Waals surface area contributed by atoms with E-state index >= 15 is 0 Å². The molecular weight excluding hydrogens is 211 g/mol. The molecule has 13 heavy (non-hydrogen) atoms. The molecule has 0 rings (SSSR count). The van der Waals surface area contributed by atoms with Gasteiger partial charge in [0.2, 0.25) is 0 Å². The summed E-state index contributed by atoms with van der Waals surface area (Å²) < 4.78 is 0.783. The molecule has 0 fully saturated rings. The molecule has 0 aromatic heterocycles. The molecule has 3 nitrogen and oxygen atoms in total. The third-order valence-electron chi connectivity index (χ3n) is 1.85. The van der Waals surface area contributed by atoms with Gasteiger partial charge in [0.15, 0.2) is 0 Å². The number of nitrogens with two attached hydrogens (primary N) is 1. The lowest BCUT2D eigenvalue weighted by atomic mass is 10.3. The largest absolute Gasteiger partial charge is 1.00 e. The van der Waals surface area contributed by atoms with Crippen molar-refractivity contribution in [3.05, 3.63) is 0 Å². The highest BCUT2D eigenvalue weighted by Crippen LogP contribution is 2.02. The number of likely N-dealkylation sites (N-methyl/N-ethyl adjacent to an activating group) is 1. The zero-order valence-corrected chi connectivity index (χ0v) is 9.85. The van der Waals surface area contributed by atoms with E-state index < -0.39 is 6.10 Å². The van der Waals surface area contributed by atoms with Crippen molar-refractivity contribution in [3.8, 4) is 0 Å². The first kappa shape index (κ1) is 15.9. The maximum Gasteiger partial charge on any atom is 0.116 e. The number of quaternary nitrogens is 1. The second kappa shape index (κ2) is 7.83. The molecule has 0 aromatic rings. The van der Waals surface area contributed by atoms with Gasteiger partial charge in [-0.25, -0.2) is 0 Å². The van der Waals surface area contributed by atoms with Gasteiger partial charge in [-0.2, -0.15) is 0 Å². The molecule has 3 N–H and O–H groups in total. The van der Waals surface area contributed by atoms with Crippen LogP contribution in [0.2, 0.25) is 0 Å². The van der Waals surface area contributed by atoms with Crippen LogP contribution in [0, 0.1) is 0 Å². The van der Waals surface area contributed by atoms with E-state index in [1.54, 1.807) is 0 Å². The monoisotopic (exact) mass is 230 g/mol. The van der Waals surface area contributed by atoms with Gasteiger partial charge < -0.3 is 27.7 Å². The van der Waals surface area contributed by atoms with Gasteiger partial charge in [0.05, 0.1) is 26.5 Å². The van der Waals surface area contributed by atoms with Crippen LogP contribution in [0.3, 0.4) is 0 Å². The van der Waals surface area contributed by atoms with Crippen LogP contribution in [0.25, 0.3) is 0 Å². The normalized spacial score (nSPS) is 13.6. The minimum Gasteiger partial charge on any atom is -1.00 e. The van der Waals surface area contributed by atoms with E-state index in [0.29, 0.717) is 19.0 Å². The summed E-state index contributed by atoms with van der Waals surface area (Å²) in [6, 6.07) is 0. The lowest BCUT2D eigenvalue weighted by molar-refractivity contribution is -0.893. The average molecular weight is 231 g/mol. The van der Waals surface area contributed by atoms with Crippen LogP contribution in [-0.2, 0) is 0 Å². The molecule has 0 aliphatic carbocycles. The van der Waals surface area contributed by atoms with Gasteiger partial charge in [-0.15, -0.1) is 11.6 Å². The Labute approximate surface area is 91.9 Å². The zero-order chi connectivity index (χ0) is 9.61. The van der Waals surface area contributed by atoms with Crippen molar-refractivity contribution in [1.29, 1.82) is 0 Å². The Hall–Kier alpha value is 0.460. The number of hydrogen-bond acceptors (Lipinski definition) is 2. The summed E-state index contributed by atoms with van der Waals surface area (Å²) in [6.07, 6.45) is 0.585. The van der Waals surface area contributed by atoms with Crippen LogP contribution in [0.4, 0.5) is 0 Å². The minimum atomic E-state index is -0.403. The van der Waals surface area contributed by atoms with Crippen molar-refractivity contribution in [3.63, 3.8) is 0 Å². The smallest absolute Gasteiger partial charge is 0.116 e. The summed E-state index contributed by atoms with van der Waals surface area (Å²) in [6.45, 7) is 2.40. The van der Waals surface area contributed by atoms with Gasteiger partial charge in [0.1, 0.15) is 12.6 Å². The van der Waals surface area contributed by atoms with Crippen molar-refractivity contribution in [1.82, 2.24) is 0 Å². The fourth-order valence-electron chi connectivity index (χ4n) is 1.23. The van der Waals surface area contributed by atoms with Crippen molar-refractivity contribution >= 4 is 11.6 Å². The van der Waals surface area contributed by atoms with E-state index in [1.165, 1.54) is 0 Å². The van der Waals surface area contributed by atoms with Gasteiger partial charge in [-0.1, -0.05) is 0 Å². The first-order valence-corrected chi connectivity index (χ1v) is 4.81.